The Labute approximate surface area is 132 Å². The predicted molar refractivity (Wildman–Crippen MR) is 83.7 cm³/mol. The molecule has 0 aliphatic rings. The predicted octanol–water partition coefficient (Wildman–Crippen LogP) is 3.34. The monoisotopic (exact) mass is 334 g/mol. The van der Waals surface area contributed by atoms with E-state index in [9.17, 15) is 17.2 Å². The molecule has 23 heavy (non-hydrogen) atoms. The van der Waals surface area contributed by atoms with Crippen LogP contribution in [-0.4, -0.2) is 20.4 Å². The van der Waals surface area contributed by atoms with Gasteiger partial charge in [0, 0.05) is 18.6 Å². The lowest BCUT2D eigenvalue weighted by Crippen LogP contribution is -2.27. The molecule has 0 saturated carbocycles. The van der Waals surface area contributed by atoms with Crippen molar-refractivity contribution in [3.8, 4) is 0 Å². The van der Waals surface area contributed by atoms with Crippen molar-refractivity contribution in [2.24, 2.45) is 0 Å². The molecule has 0 fully saturated rings. The molecule has 7 heteroatoms. The number of benzene rings is 2. The summed E-state index contributed by atoms with van der Waals surface area (Å²) in [5, 5.41) is 0.149. The average molecular weight is 334 g/mol. The Morgan fingerprint density at radius 1 is 0.957 bits per heavy atom. The van der Waals surface area contributed by atoms with Gasteiger partial charge in [0.05, 0.1) is 10.6 Å². The summed E-state index contributed by atoms with van der Waals surface area (Å²) in [5.41, 5.74) is -0.135. The molecule has 0 spiro atoms. The molecule has 0 unspecified atom stereocenters. The smallest absolute Gasteiger partial charge is 0.264 e. The number of hydrogen-bond donors (Lipinski definition) is 0. The highest BCUT2D eigenvalue weighted by Gasteiger charge is 2.26. The molecule has 0 aliphatic heterocycles. The van der Waals surface area contributed by atoms with Gasteiger partial charge in [-0.3, -0.25) is 9.29 Å². The molecule has 3 aromatic rings. The van der Waals surface area contributed by atoms with Gasteiger partial charge < -0.3 is 0 Å². The Morgan fingerprint density at radius 2 is 1.70 bits per heavy atom. The van der Waals surface area contributed by atoms with Crippen molar-refractivity contribution < 1.29 is 17.2 Å². The van der Waals surface area contributed by atoms with Gasteiger partial charge in [0.15, 0.2) is 0 Å². The number of aromatic nitrogens is 1. The van der Waals surface area contributed by atoms with Crippen LogP contribution in [0.25, 0.3) is 10.9 Å². The summed E-state index contributed by atoms with van der Waals surface area (Å²) in [6, 6.07) is 10.7. The van der Waals surface area contributed by atoms with Crippen LogP contribution in [0.4, 0.5) is 14.5 Å². The van der Waals surface area contributed by atoms with Gasteiger partial charge in [0.25, 0.3) is 10.0 Å². The standard InChI is InChI=1S/C16H12F2N2O2S/c1-20(14-7-3-2-6-12(14)17)23(21,22)15-9-8-13(18)16-11(15)5-4-10-19-16/h2-10H,1H3. The summed E-state index contributed by atoms with van der Waals surface area (Å²) in [6.07, 6.45) is 1.38. The van der Waals surface area contributed by atoms with E-state index in [-0.39, 0.29) is 21.5 Å². The van der Waals surface area contributed by atoms with Crippen molar-refractivity contribution in [2.45, 2.75) is 4.90 Å². The Morgan fingerprint density at radius 3 is 2.43 bits per heavy atom. The van der Waals surface area contributed by atoms with Crippen molar-refractivity contribution in [1.29, 1.82) is 0 Å². The molecular weight excluding hydrogens is 322 g/mol. The molecule has 0 bridgehead atoms. The highest BCUT2D eigenvalue weighted by Crippen LogP contribution is 2.29. The van der Waals surface area contributed by atoms with Crippen LogP contribution in [0.15, 0.2) is 59.6 Å². The maximum Gasteiger partial charge on any atom is 0.264 e. The van der Waals surface area contributed by atoms with E-state index >= 15 is 0 Å². The van der Waals surface area contributed by atoms with Crippen molar-refractivity contribution in [3.63, 3.8) is 0 Å². The SMILES string of the molecule is CN(c1ccccc1F)S(=O)(=O)c1ccc(F)c2ncccc12. The van der Waals surface area contributed by atoms with Crippen LogP contribution in [0, 0.1) is 11.6 Å². The first kappa shape index (κ1) is 15.4. The summed E-state index contributed by atoms with van der Waals surface area (Å²) in [6.45, 7) is 0. The van der Waals surface area contributed by atoms with Crippen LogP contribution in [-0.2, 0) is 10.0 Å². The number of fused-ring (bicyclic) bond motifs is 1. The first-order valence-electron chi connectivity index (χ1n) is 6.69. The molecule has 0 saturated heterocycles. The molecule has 118 valence electrons. The van der Waals surface area contributed by atoms with Gasteiger partial charge in [-0.1, -0.05) is 12.1 Å². The maximum atomic E-state index is 13.9. The normalized spacial score (nSPS) is 11.6. The molecule has 0 atom stereocenters. The molecule has 3 rings (SSSR count). The van der Waals surface area contributed by atoms with Crippen molar-refractivity contribution >= 4 is 26.6 Å². The van der Waals surface area contributed by atoms with Crippen LogP contribution in [0.3, 0.4) is 0 Å². The Balaban J connectivity index is 2.22. The fourth-order valence-electron chi connectivity index (χ4n) is 2.32. The van der Waals surface area contributed by atoms with Crippen molar-refractivity contribution in [2.75, 3.05) is 11.4 Å². The van der Waals surface area contributed by atoms with E-state index in [0.717, 1.165) is 16.4 Å². The van der Waals surface area contributed by atoms with Gasteiger partial charge in [0.2, 0.25) is 0 Å². The highest BCUT2D eigenvalue weighted by molar-refractivity contribution is 7.93. The van der Waals surface area contributed by atoms with Crippen LogP contribution in [0.2, 0.25) is 0 Å². The summed E-state index contributed by atoms with van der Waals surface area (Å²) < 4.78 is 54.2. The number of pyridine rings is 1. The zero-order valence-electron chi connectivity index (χ0n) is 12.1. The fraction of sp³-hybridized carbons (Fsp3) is 0.0625. The van der Waals surface area contributed by atoms with E-state index in [2.05, 4.69) is 4.98 Å². The van der Waals surface area contributed by atoms with E-state index < -0.39 is 21.7 Å². The number of halogens is 2. The number of para-hydroxylation sites is 1. The number of hydrogen-bond acceptors (Lipinski definition) is 3. The van der Waals surface area contributed by atoms with E-state index in [0.29, 0.717) is 0 Å². The lowest BCUT2D eigenvalue weighted by molar-refractivity contribution is 0.590. The zero-order valence-corrected chi connectivity index (χ0v) is 12.9. The molecule has 0 amide bonds. The van der Waals surface area contributed by atoms with Crippen LogP contribution in [0.5, 0.6) is 0 Å². The minimum Gasteiger partial charge on any atom is -0.266 e. The lowest BCUT2D eigenvalue weighted by Gasteiger charge is -2.21. The van der Waals surface area contributed by atoms with Crippen LogP contribution in [0.1, 0.15) is 0 Å². The van der Waals surface area contributed by atoms with Gasteiger partial charge in [0.1, 0.15) is 17.2 Å². The summed E-state index contributed by atoms with van der Waals surface area (Å²) >= 11 is 0. The lowest BCUT2D eigenvalue weighted by atomic mass is 10.2. The first-order valence-corrected chi connectivity index (χ1v) is 8.13. The maximum absolute atomic E-state index is 13.9. The third-order valence-corrected chi connectivity index (χ3v) is 5.34. The second-order valence-electron chi connectivity index (χ2n) is 4.87. The third kappa shape index (κ3) is 2.53. The topological polar surface area (TPSA) is 50.3 Å². The molecule has 4 nitrogen and oxygen atoms in total. The van der Waals surface area contributed by atoms with Crippen molar-refractivity contribution in [1.82, 2.24) is 4.98 Å². The molecular formula is C16H12F2N2O2S. The first-order chi connectivity index (χ1) is 10.9. The quantitative estimate of drug-likeness (QED) is 0.738. The Hall–Kier alpha value is -2.54. The molecule has 1 aromatic heterocycles. The van der Waals surface area contributed by atoms with Crippen molar-refractivity contribution in [3.05, 3.63) is 66.4 Å². The average Bonchev–Trinajstić information content (AvgIpc) is 2.55. The fourth-order valence-corrected chi connectivity index (χ4v) is 3.71. The van der Waals surface area contributed by atoms with Gasteiger partial charge in [-0.15, -0.1) is 0 Å². The summed E-state index contributed by atoms with van der Waals surface area (Å²) in [4.78, 5) is 3.74. The van der Waals surface area contributed by atoms with Gasteiger partial charge >= 0.3 is 0 Å². The van der Waals surface area contributed by atoms with E-state index in [4.69, 9.17) is 0 Å². The molecule has 0 aliphatic carbocycles. The van der Waals surface area contributed by atoms with E-state index in [1.807, 2.05) is 0 Å². The summed E-state index contributed by atoms with van der Waals surface area (Å²) in [5.74, 6) is -1.28. The molecule has 0 radical (unpaired) electrons. The van der Waals surface area contributed by atoms with E-state index in [1.165, 1.54) is 49.6 Å². The zero-order chi connectivity index (χ0) is 16.6. The highest BCUT2D eigenvalue weighted by atomic mass is 32.2. The number of sulfonamides is 1. The Bertz CT molecular complexity index is 990. The van der Waals surface area contributed by atoms with E-state index in [1.54, 1.807) is 0 Å². The largest absolute Gasteiger partial charge is 0.266 e. The second kappa shape index (κ2) is 5.58. The number of rotatable bonds is 3. The Kier molecular flexibility index (Phi) is 3.73. The minimum absolute atomic E-state index is 0.0458. The number of nitrogens with zero attached hydrogens (tertiary/aromatic N) is 2. The number of anilines is 1. The van der Waals surface area contributed by atoms with Crippen LogP contribution >= 0.6 is 0 Å². The summed E-state index contributed by atoms with van der Waals surface area (Å²) in [7, 11) is -2.82. The molecule has 2 aromatic carbocycles. The molecule has 1 heterocycles. The van der Waals surface area contributed by atoms with Gasteiger partial charge in [-0.2, -0.15) is 0 Å². The minimum atomic E-state index is -4.07. The van der Waals surface area contributed by atoms with Crippen LogP contribution < -0.4 is 4.31 Å². The van der Waals surface area contributed by atoms with Gasteiger partial charge in [-0.05, 0) is 36.4 Å². The van der Waals surface area contributed by atoms with Gasteiger partial charge in [-0.25, -0.2) is 17.2 Å². The molecule has 0 N–H and O–H groups in total. The second-order valence-corrected chi connectivity index (χ2v) is 6.81. The third-order valence-electron chi connectivity index (χ3n) is 3.51.